The molecule has 3 nitrogen and oxygen atoms in total. The van der Waals surface area contributed by atoms with Gasteiger partial charge >= 0.3 is 0 Å². The zero-order valence-corrected chi connectivity index (χ0v) is 11.0. The first-order valence-electron chi connectivity index (χ1n) is 6.31. The highest BCUT2D eigenvalue weighted by molar-refractivity contribution is 5.82. The number of benzene rings is 1. The number of hydrogen-bond donors (Lipinski definition) is 2. The Kier molecular flexibility index (Phi) is 2.64. The van der Waals surface area contributed by atoms with Gasteiger partial charge in [-0.1, -0.05) is 24.3 Å². The molecule has 0 saturated carbocycles. The van der Waals surface area contributed by atoms with Gasteiger partial charge in [0.2, 0.25) is 0 Å². The lowest BCUT2D eigenvalue weighted by Gasteiger charge is -2.17. The molecule has 0 aliphatic carbocycles. The molecule has 2 aromatic heterocycles. The molecule has 0 aliphatic heterocycles. The van der Waals surface area contributed by atoms with Gasteiger partial charge in [0, 0.05) is 17.3 Å². The third-order valence-electron chi connectivity index (χ3n) is 3.29. The molecule has 0 fully saturated rings. The summed E-state index contributed by atoms with van der Waals surface area (Å²) in [6, 6.07) is 14.0. The maximum atomic E-state index is 9.95. The van der Waals surface area contributed by atoms with Gasteiger partial charge in [0.15, 0.2) is 0 Å². The van der Waals surface area contributed by atoms with Gasteiger partial charge in [0.25, 0.3) is 0 Å². The second kappa shape index (κ2) is 4.21. The zero-order valence-electron chi connectivity index (χ0n) is 11.0. The second-order valence-corrected chi connectivity index (χ2v) is 5.26. The van der Waals surface area contributed by atoms with Gasteiger partial charge in [-0.25, -0.2) is 4.98 Å². The maximum Gasteiger partial charge on any atom is 0.137 e. The Morgan fingerprint density at radius 3 is 2.47 bits per heavy atom. The van der Waals surface area contributed by atoms with Crippen molar-refractivity contribution in [1.29, 1.82) is 0 Å². The number of pyridine rings is 1. The lowest BCUT2D eigenvalue weighted by atomic mass is 9.97. The van der Waals surface area contributed by atoms with Crippen molar-refractivity contribution in [1.82, 2.24) is 9.97 Å². The minimum atomic E-state index is -0.805. The molecule has 3 aromatic rings. The predicted molar refractivity (Wildman–Crippen MR) is 76.8 cm³/mol. The van der Waals surface area contributed by atoms with Gasteiger partial charge in [0.05, 0.1) is 5.60 Å². The molecule has 0 atom stereocenters. The monoisotopic (exact) mass is 252 g/mol. The topological polar surface area (TPSA) is 48.9 Å². The molecular formula is C16H16N2O. The summed E-state index contributed by atoms with van der Waals surface area (Å²) in [4.78, 5) is 7.59. The molecule has 0 radical (unpaired) electrons. The van der Waals surface area contributed by atoms with Crippen molar-refractivity contribution in [3.63, 3.8) is 0 Å². The molecule has 0 bridgehead atoms. The Morgan fingerprint density at radius 1 is 1.11 bits per heavy atom. The van der Waals surface area contributed by atoms with E-state index < -0.39 is 5.60 Å². The van der Waals surface area contributed by atoms with Crippen molar-refractivity contribution < 1.29 is 5.11 Å². The van der Waals surface area contributed by atoms with Crippen LogP contribution in [0.1, 0.15) is 19.4 Å². The molecular weight excluding hydrogens is 236 g/mol. The normalized spacial score (nSPS) is 11.9. The first-order valence-corrected chi connectivity index (χ1v) is 6.31. The molecule has 1 aromatic carbocycles. The van der Waals surface area contributed by atoms with Gasteiger partial charge in [-0.05, 0) is 43.2 Å². The second-order valence-electron chi connectivity index (χ2n) is 5.26. The molecule has 0 unspecified atom stereocenters. The molecule has 0 saturated heterocycles. The Morgan fingerprint density at radius 2 is 1.84 bits per heavy atom. The van der Waals surface area contributed by atoms with Crippen LogP contribution in [0.5, 0.6) is 0 Å². The number of aromatic nitrogens is 2. The van der Waals surface area contributed by atoms with Crippen LogP contribution in [0.2, 0.25) is 0 Å². The van der Waals surface area contributed by atoms with Gasteiger partial charge in [0.1, 0.15) is 5.65 Å². The molecule has 0 aliphatic rings. The minimum Gasteiger partial charge on any atom is -0.386 e. The number of fused-ring (bicyclic) bond motifs is 1. The molecule has 2 N–H and O–H groups in total. The highest BCUT2D eigenvalue weighted by Crippen LogP contribution is 2.26. The molecule has 19 heavy (non-hydrogen) atoms. The zero-order chi connectivity index (χ0) is 13.5. The van der Waals surface area contributed by atoms with Crippen molar-refractivity contribution in [3.8, 4) is 11.3 Å². The first kappa shape index (κ1) is 11.9. The van der Waals surface area contributed by atoms with E-state index in [1.807, 2.05) is 36.4 Å². The minimum absolute atomic E-state index is 0.805. The van der Waals surface area contributed by atoms with E-state index in [0.717, 1.165) is 27.9 Å². The van der Waals surface area contributed by atoms with Crippen molar-refractivity contribution >= 4 is 11.0 Å². The van der Waals surface area contributed by atoms with Crippen LogP contribution in [-0.2, 0) is 5.60 Å². The Labute approximate surface area is 111 Å². The summed E-state index contributed by atoms with van der Waals surface area (Å²) in [6.07, 6.45) is 1.78. The lowest BCUT2D eigenvalue weighted by Crippen LogP contribution is -2.14. The number of aliphatic hydroxyl groups is 1. The fourth-order valence-corrected chi connectivity index (χ4v) is 2.17. The SMILES string of the molecule is CC(C)(O)c1ccc(-c2cc3cccnc3[nH]2)cc1. The summed E-state index contributed by atoms with van der Waals surface area (Å²) < 4.78 is 0. The molecule has 3 rings (SSSR count). The fourth-order valence-electron chi connectivity index (χ4n) is 2.17. The van der Waals surface area contributed by atoms with Crippen LogP contribution in [0.25, 0.3) is 22.3 Å². The molecule has 0 spiro atoms. The molecule has 3 heteroatoms. The first-order chi connectivity index (χ1) is 9.04. The summed E-state index contributed by atoms with van der Waals surface area (Å²) in [5, 5.41) is 11.0. The van der Waals surface area contributed by atoms with Crippen LogP contribution in [0.3, 0.4) is 0 Å². The smallest absolute Gasteiger partial charge is 0.137 e. The van der Waals surface area contributed by atoms with Gasteiger partial charge in [-0.3, -0.25) is 0 Å². The fraction of sp³-hybridized carbons (Fsp3) is 0.188. The van der Waals surface area contributed by atoms with Gasteiger partial charge in [-0.15, -0.1) is 0 Å². The highest BCUT2D eigenvalue weighted by atomic mass is 16.3. The Balaban J connectivity index is 2.02. The quantitative estimate of drug-likeness (QED) is 0.733. The molecule has 0 amide bonds. The number of aromatic amines is 1. The largest absolute Gasteiger partial charge is 0.386 e. The van der Waals surface area contributed by atoms with Crippen LogP contribution in [0.15, 0.2) is 48.7 Å². The van der Waals surface area contributed by atoms with Crippen LogP contribution >= 0.6 is 0 Å². The summed E-state index contributed by atoms with van der Waals surface area (Å²) in [5.41, 5.74) is 3.12. The van der Waals surface area contributed by atoms with Crippen molar-refractivity contribution in [3.05, 3.63) is 54.2 Å². The highest BCUT2D eigenvalue weighted by Gasteiger charge is 2.15. The molecule has 2 heterocycles. The standard InChI is InChI=1S/C16H16N2O/c1-16(2,19)13-7-5-11(6-8-13)14-10-12-4-3-9-17-15(12)18-14/h3-10,19H,1-2H3,(H,17,18). The average Bonchev–Trinajstić information content (AvgIpc) is 2.81. The number of rotatable bonds is 2. The van der Waals surface area contributed by atoms with Crippen LogP contribution in [-0.4, -0.2) is 15.1 Å². The average molecular weight is 252 g/mol. The van der Waals surface area contributed by atoms with Crippen LogP contribution in [0, 0.1) is 0 Å². The van der Waals surface area contributed by atoms with E-state index in [2.05, 4.69) is 16.0 Å². The summed E-state index contributed by atoms with van der Waals surface area (Å²) >= 11 is 0. The number of hydrogen-bond acceptors (Lipinski definition) is 2. The van der Waals surface area contributed by atoms with Crippen LogP contribution in [0.4, 0.5) is 0 Å². The Bertz CT molecular complexity index is 672. The van der Waals surface area contributed by atoms with E-state index in [4.69, 9.17) is 0 Å². The van der Waals surface area contributed by atoms with E-state index in [0.29, 0.717) is 0 Å². The van der Waals surface area contributed by atoms with E-state index in [1.165, 1.54) is 0 Å². The maximum absolute atomic E-state index is 9.95. The van der Waals surface area contributed by atoms with Crippen molar-refractivity contribution in [2.75, 3.05) is 0 Å². The third kappa shape index (κ3) is 2.25. The number of nitrogens with one attached hydrogen (secondary N) is 1. The van der Waals surface area contributed by atoms with E-state index in [-0.39, 0.29) is 0 Å². The van der Waals surface area contributed by atoms with E-state index in [9.17, 15) is 5.11 Å². The summed E-state index contributed by atoms with van der Waals surface area (Å²) in [5.74, 6) is 0. The number of nitrogens with zero attached hydrogens (tertiary/aromatic N) is 1. The molecule has 96 valence electrons. The lowest BCUT2D eigenvalue weighted by molar-refractivity contribution is 0.0786. The van der Waals surface area contributed by atoms with Gasteiger partial charge < -0.3 is 10.1 Å². The van der Waals surface area contributed by atoms with Gasteiger partial charge in [-0.2, -0.15) is 0 Å². The van der Waals surface area contributed by atoms with Crippen molar-refractivity contribution in [2.45, 2.75) is 19.4 Å². The Hall–Kier alpha value is -2.13. The van der Waals surface area contributed by atoms with Crippen LogP contribution < -0.4 is 0 Å². The van der Waals surface area contributed by atoms with E-state index in [1.54, 1.807) is 20.0 Å². The summed E-state index contributed by atoms with van der Waals surface area (Å²) in [6.45, 7) is 3.57. The van der Waals surface area contributed by atoms with Crippen molar-refractivity contribution in [2.24, 2.45) is 0 Å². The number of H-pyrrole nitrogens is 1. The third-order valence-corrected chi connectivity index (χ3v) is 3.29. The van der Waals surface area contributed by atoms with E-state index >= 15 is 0 Å². The predicted octanol–water partition coefficient (Wildman–Crippen LogP) is 3.46. The summed E-state index contributed by atoms with van der Waals surface area (Å²) in [7, 11) is 0.